The molecule has 0 spiro atoms. The molecule has 0 saturated carbocycles. The number of hydrogen-bond acceptors (Lipinski definition) is 3. The van der Waals surface area contributed by atoms with Crippen molar-refractivity contribution in [1.82, 2.24) is 8.96 Å². The average Bonchev–Trinajstić information content (AvgIpc) is 2.56. The third-order valence-electron chi connectivity index (χ3n) is 2.03. The van der Waals surface area contributed by atoms with Crippen molar-refractivity contribution in [3.8, 4) is 0 Å². The third kappa shape index (κ3) is 1.82. The Morgan fingerprint density at radius 3 is 2.59 bits per heavy atom. The fourth-order valence-corrected chi connectivity index (χ4v) is 2.78. The Morgan fingerprint density at radius 2 is 2.00 bits per heavy atom. The summed E-state index contributed by atoms with van der Waals surface area (Å²) in [6.07, 6.45) is 2.05. The number of aromatic nitrogens is 2. The molecule has 2 heterocycles. The summed E-state index contributed by atoms with van der Waals surface area (Å²) in [5.41, 5.74) is -5.63. The van der Waals surface area contributed by atoms with Crippen LogP contribution in [0.1, 0.15) is 0 Å². The van der Waals surface area contributed by atoms with E-state index >= 15 is 0 Å². The maximum atomic E-state index is 12.4. The second kappa shape index (κ2) is 3.70. The summed E-state index contributed by atoms with van der Waals surface area (Å²) in [6.45, 7) is 0. The summed E-state index contributed by atoms with van der Waals surface area (Å²) < 4.78 is 60.1. The number of fused-ring (bicyclic) bond motifs is 1. The zero-order valence-electron chi connectivity index (χ0n) is 7.94. The van der Waals surface area contributed by atoms with Gasteiger partial charge in [0.25, 0.3) is 0 Å². The highest BCUT2D eigenvalue weighted by Gasteiger charge is 2.48. The first-order valence-electron chi connectivity index (χ1n) is 4.18. The van der Waals surface area contributed by atoms with Crippen LogP contribution in [0.5, 0.6) is 0 Å². The lowest BCUT2D eigenvalue weighted by Crippen LogP contribution is -2.29. The molecule has 0 atom stereocenters. The van der Waals surface area contributed by atoms with Gasteiger partial charge in [0, 0.05) is 22.3 Å². The molecule has 0 N–H and O–H groups in total. The zero-order valence-corrected chi connectivity index (χ0v) is 10.3. The Labute approximate surface area is 102 Å². The number of halogens is 4. The van der Waals surface area contributed by atoms with E-state index in [-0.39, 0.29) is 14.1 Å². The third-order valence-corrected chi connectivity index (χ3v) is 4.05. The average molecular weight is 329 g/mol. The van der Waals surface area contributed by atoms with Crippen LogP contribution in [0.4, 0.5) is 13.2 Å². The van der Waals surface area contributed by atoms with E-state index in [0.29, 0.717) is 5.39 Å². The van der Waals surface area contributed by atoms with Crippen LogP contribution in [0.2, 0.25) is 0 Å². The van der Waals surface area contributed by atoms with Crippen LogP contribution in [0, 0.1) is 0 Å². The summed E-state index contributed by atoms with van der Waals surface area (Å²) in [7, 11) is -5.46. The molecule has 2 aromatic rings. The molecule has 0 fully saturated rings. The molecule has 0 aliphatic heterocycles. The molecular formula is C8H4BrF3N2O2S. The van der Waals surface area contributed by atoms with Crippen LogP contribution in [-0.2, 0) is 10.0 Å². The molecule has 0 bridgehead atoms. The lowest BCUT2D eigenvalue weighted by Gasteiger charge is -2.09. The lowest BCUT2D eigenvalue weighted by molar-refractivity contribution is -0.0445. The summed E-state index contributed by atoms with van der Waals surface area (Å²) in [5.74, 6) is 0. The van der Waals surface area contributed by atoms with Crippen LogP contribution in [0.15, 0.2) is 29.0 Å². The van der Waals surface area contributed by atoms with Gasteiger partial charge in [-0.3, -0.25) is 0 Å². The Morgan fingerprint density at radius 1 is 1.35 bits per heavy atom. The fraction of sp³-hybridized carbons (Fsp3) is 0.125. The summed E-state index contributed by atoms with van der Waals surface area (Å²) in [6, 6.07) is 2.96. The predicted octanol–water partition coefficient (Wildman–Crippen LogP) is 2.50. The first-order chi connectivity index (χ1) is 7.75. The van der Waals surface area contributed by atoms with Gasteiger partial charge in [0.1, 0.15) is 0 Å². The monoisotopic (exact) mass is 328 g/mol. The Hall–Kier alpha value is -1.09. The minimum absolute atomic E-state index is 0.117. The number of hydrogen-bond donors (Lipinski definition) is 0. The van der Waals surface area contributed by atoms with Crippen LogP contribution in [0.25, 0.3) is 11.0 Å². The van der Waals surface area contributed by atoms with Crippen LogP contribution >= 0.6 is 15.9 Å². The molecule has 0 radical (unpaired) electrons. The standard InChI is InChI=1S/C8H4BrF3N2O2S/c9-6-4-14(17(15,16)8(10,11)12)7-5(6)2-1-3-13-7/h1-4H. The van der Waals surface area contributed by atoms with Gasteiger partial charge in [0.05, 0.1) is 0 Å². The Bertz CT molecular complexity index is 678. The van der Waals surface area contributed by atoms with Gasteiger partial charge >= 0.3 is 15.5 Å². The Kier molecular flexibility index (Phi) is 2.69. The molecule has 0 aromatic carbocycles. The molecule has 92 valence electrons. The van der Waals surface area contributed by atoms with Crippen molar-refractivity contribution in [3.63, 3.8) is 0 Å². The second-order valence-electron chi connectivity index (χ2n) is 3.10. The van der Waals surface area contributed by atoms with Crippen LogP contribution in [-0.4, -0.2) is 22.9 Å². The molecule has 17 heavy (non-hydrogen) atoms. The first-order valence-corrected chi connectivity index (χ1v) is 6.42. The van der Waals surface area contributed by atoms with E-state index in [2.05, 4.69) is 20.9 Å². The predicted molar refractivity (Wildman–Crippen MR) is 57.8 cm³/mol. The van der Waals surface area contributed by atoms with Gasteiger partial charge < -0.3 is 0 Å². The normalized spacial score (nSPS) is 13.2. The largest absolute Gasteiger partial charge is 0.517 e. The van der Waals surface area contributed by atoms with E-state index in [1.165, 1.54) is 18.3 Å². The second-order valence-corrected chi connectivity index (χ2v) is 5.76. The van der Waals surface area contributed by atoms with Crippen molar-refractivity contribution in [2.24, 2.45) is 0 Å². The first kappa shape index (κ1) is 12.4. The Balaban J connectivity index is 2.82. The molecule has 0 aliphatic rings. The molecule has 2 rings (SSSR count). The van der Waals surface area contributed by atoms with Crippen molar-refractivity contribution < 1.29 is 21.6 Å². The quantitative estimate of drug-likeness (QED) is 0.808. The van der Waals surface area contributed by atoms with Gasteiger partial charge in [-0.1, -0.05) is 0 Å². The van der Waals surface area contributed by atoms with E-state index in [4.69, 9.17) is 0 Å². The van der Waals surface area contributed by atoms with Crippen molar-refractivity contribution in [2.75, 3.05) is 0 Å². The molecule has 0 amide bonds. The SMILES string of the molecule is O=S(=O)(n1cc(Br)c2cccnc21)C(F)(F)F. The molecular weight excluding hydrogens is 325 g/mol. The highest BCUT2D eigenvalue weighted by Crippen LogP contribution is 2.31. The van der Waals surface area contributed by atoms with Gasteiger partial charge in [-0.2, -0.15) is 21.6 Å². The zero-order chi connectivity index (χ0) is 12.8. The van der Waals surface area contributed by atoms with E-state index in [1.807, 2.05) is 0 Å². The van der Waals surface area contributed by atoms with Crippen molar-refractivity contribution in [1.29, 1.82) is 0 Å². The van der Waals surface area contributed by atoms with Gasteiger partial charge in [-0.05, 0) is 28.1 Å². The fourth-order valence-electron chi connectivity index (χ4n) is 1.29. The van der Waals surface area contributed by atoms with Crippen molar-refractivity contribution in [2.45, 2.75) is 5.51 Å². The van der Waals surface area contributed by atoms with E-state index in [9.17, 15) is 21.6 Å². The van der Waals surface area contributed by atoms with E-state index < -0.39 is 15.5 Å². The molecule has 0 saturated heterocycles. The minimum Gasteiger partial charge on any atom is -0.237 e. The van der Waals surface area contributed by atoms with Crippen LogP contribution in [0.3, 0.4) is 0 Å². The van der Waals surface area contributed by atoms with E-state index in [1.54, 1.807) is 0 Å². The van der Waals surface area contributed by atoms with Gasteiger partial charge in [0.2, 0.25) is 0 Å². The van der Waals surface area contributed by atoms with Crippen molar-refractivity contribution >= 4 is 37.0 Å². The minimum atomic E-state index is -5.46. The summed E-state index contributed by atoms with van der Waals surface area (Å²) >= 11 is 2.98. The number of alkyl halides is 3. The highest BCUT2D eigenvalue weighted by molar-refractivity contribution is 9.10. The number of rotatable bonds is 1. The van der Waals surface area contributed by atoms with E-state index in [0.717, 1.165) is 6.20 Å². The molecule has 0 unspecified atom stereocenters. The number of nitrogens with zero attached hydrogens (tertiary/aromatic N) is 2. The van der Waals surface area contributed by atoms with Crippen LogP contribution < -0.4 is 0 Å². The maximum Gasteiger partial charge on any atom is 0.517 e. The molecule has 9 heteroatoms. The highest BCUT2D eigenvalue weighted by atomic mass is 79.9. The lowest BCUT2D eigenvalue weighted by atomic mass is 10.3. The maximum absolute atomic E-state index is 12.4. The topological polar surface area (TPSA) is 52.0 Å². The molecule has 4 nitrogen and oxygen atoms in total. The summed E-state index contributed by atoms with van der Waals surface area (Å²) in [5, 5.41) is 0.292. The number of pyridine rings is 1. The van der Waals surface area contributed by atoms with Gasteiger partial charge in [-0.15, -0.1) is 0 Å². The molecule has 2 aromatic heterocycles. The van der Waals surface area contributed by atoms with Gasteiger partial charge in [-0.25, -0.2) is 8.96 Å². The van der Waals surface area contributed by atoms with Gasteiger partial charge in [0.15, 0.2) is 5.65 Å². The van der Waals surface area contributed by atoms with Crippen molar-refractivity contribution in [3.05, 3.63) is 29.0 Å². The summed E-state index contributed by atoms with van der Waals surface area (Å²) in [4.78, 5) is 3.64. The smallest absolute Gasteiger partial charge is 0.237 e. The molecule has 0 aliphatic carbocycles.